The van der Waals surface area contributed by atoms with Crippen LogP contribution < -0.4 is 10.0 Å². The van der Waals surface area contributed by atoms with E-state index in [2.05, 4.69) is 15.0 Å². The second-order valence-corrected chi connectivity index (χ2v) is 6.37. The van der Waals surface area contributed by atoms with E-state index in [1.54, 1.807) is 43.3 Å². The second-order valence-electron chi connectivity index (χ2n) is 4.72. The lowest BCUT2D eigenvalue weighted by Crippen LogP contribution is -2.16. The van der Waals surface area contributed by atoms with Gasteiger partial charge in [-0.05, 0) is 45.0 Å². The molecule has 0 unspecified atom stereocenters. The van der Waals surface area contributed by atoms with Crippen LogP contribution in [-0.2, 0) is 10.0 Å². The van der Waals surface area contributed by atoms with Crippen LogP contribution in [0.25, 0.3) is 0 Å². The number of nitrogens with one attached hydrogen (secondary N) is 2. The molecule has 2 aromatic rings. The number of aryl methyl sites for hydroxylation is 2. The first-order chi connectivity index (χ1) is 9.94. The summed E-state index contributed by atoms with van der Waals surface area (Å²) in [6.07, 6.45) is 0. The van der Waals surface area contributed by atoms with Crippen molar-refractivity contribution in [2.75, 3.05) is 16.6 Å². The molecule has 0 bridgehead atoms. The summed E-state index contributed by atoms with van der Waals surface area (Å²) in [5.74, 6) is 0. The molecule has 0 aliphatic carbocycles. The van der Waals surface area contributed by atoms with E-state index < -0.39 is 10.0 Å². The van der Waals surface area contributed by atoms with Crippen molar-refractivity contribution in [1.29, 1.82) is 0 Å². The van der Waals surface area contributed by atoms with Crippen LogP contribution >= 0.6 is 0 Å². The monoisotopic (exact) mass is 305 g/mol. The summed E-state index contributed by atoms with van der Waals surface area (Å²) >= 11 is 0. The molecule has 6 heteroatoms. The number of pyridine rings is 1. The van der Waals surface area contributed by atoms with Crippen LogP contribution in [0.1, 0.15) is 18.3 Å². The Morgan fingerprint density at radius 3 is 2.43 bits per heavy atom. The van der Waals surface area contributed by atoms with E-state index in [-0.39, 0.29) is 4.90 Å². The maximum absolute atomic E-state index is 12.6. The third-order valence-electron chi connectivity index (χ3n) is 3.01. The van der Waals surface area contributed by atoms with Gasteiger partial charge in [-0.1, -0.05) is 12.1 Å². The third-order valence-corrected chi connectivity index (χ3v) is 4.44. The van der Waals surface area contributed by atoms with Gasteiger partial charge in [-0.15, -0.1) is 0 Å². The van der Waals surface area contributed by atoms with Crippen LogP contribution in [0.2, 0.25) is 0 Å². The van der Waals surface area contributed by atoms with Gasteiger partial charge in [0.25, 0.3) is 10.0 Å². The molecule has 0 amide bonds. The van der Waals surface area contributed by atoms with Crippen molar-refractivity contribution in [2.24, 2.45) is 0 Å². The fourth-order valence-electron chi connectivity index (χ4n) is 2.03. The molecule has 0 saturated carbocycles. The number of rotatable bonds is 5. The molecular weight excluding hydrogens is 286 g/mol. The molecule has 2 rings (SSSR count). The van der Waals surface area contributed by atoms with E-state index in [9.17, 15) is 8.42 Å². The summed E-state index contributed by atoms with van der Waals surface area (Å²) < 4.78 is 27.7. The number of aromatic nitrogens is 1. The van der Waals surface area contributed by atoms with Crippen molar-refractivity contribution in [3.8, 4) is 0 Å². The maximum atomic E-state index is 12.6. The van der Waals surface area contributed by atoms with Gasteiger partial charge >= 0.3 is 0 Å². The lowest BCUT2D eigenvalue weighted by molar-refractivity contribution is 0.601. The molecule has 0 aliphatic rings. The SMILES string of the molecule is CCNc1ccccc1S(=O)(=O)Nc1ccc(C)nc1C. The van der Waals surface area contributed by atoms with E-state index in [0.29, 0.717) is 23.6 Å². The number of hydrogen-bond acceptors (Lipinski definition) is 4. The number of anilines is 2. The van der Waals surface area contributed by atoms with Crippen molar-refractivity contribution in [3.63, 3.8) is 0 Å². The Kier molecular flexibility index (Phi) is 4.47. The van der Waals surface area contributed by atoms with Gasteiger partial charge in [0, 0.05) is 12.2 Å². The number of benzene rings is 1. The number of nitrogens with zero attached hydrogens (tertiary/aromatic N) is 1. The molecule has 1 aromatic carbocycles. The Balaban J connectivity index is 2.39. The van der Waals surface area contributed by atoms with Gasteiger partial charge in [-0.2, -0.15) is 0 Å². The van der Waals surface area contributed by atoms with E-state index in [1.165, 1.54) is 0 Å². The molecule has 112 valence electrons. The van der Waals surface area contributed by atoms with E-state index in [4.69, 9.17) is 0 Å². The van der Waals surface area contributed by atoms with E-state index in [1.807, 2.05) is 13.8 Å². The van der Waals surface area contributed by atoms with Gasteiger partial charge in [0.05, 0.1) is 17.1 Å². The minimum atomic E-state index is -3.65. The topological polar surface area (TPSA) is 71.1 Å². The molecule has 0 atom stereocenters. The normalized spacial score (nSPS) is 11.2. The van der Waals surface area contributed by atoms with Gasteiger partial charge in [0.1, 0.15) is 4.90 Å². The Labute approximate surface area is 125 Å². The fourth-order valence-corrected chi connectivity index (χ4v) is 3.33. The number of para-hydroxylation sites is 1. The Morgan fingerprint density at radius 2 is 1.76 bits per heavy atom. The first-order valence-electron chi connectivity index (χ1n) is 6.74. The Bertz CT molecular complexity index is 742. The minimum Gasteiger partial charge on any atom is -0.384 e. The molecule has 0 spiro atoms. The zero-order chi connectivity index (χ0) is 15.5. The summed E-state index contributed by atoms with van der Waals surface area (Å²) in [7, 11) is -3.65. The van der Waals surface area contributed by atoms with Crippen molar-refractivity contribution in [1.82, 2.24) is 4.98 Å². The summed E-state index contributed by atoms with van der Waals surface area (Å²) in [6.45, 7) is 6.22. The zero-order valence-electron chi connectivity index (χ0n) is 12.3. The highest BCUT2D eigenvalue weighted by Crippen LogP contribution is 2.24. The van der Waals surface area contributed by atoms with Gasteiger partial charge in [0.2, 0.25) is 0 Å². The highest BCUT2D eigenvalue weighted by molar-refractivity contribution is 7.92. The fraction of sp³-hybridized carbons (Fsp3) is 0.267. The number of hydrogen-bond donors (Lipinski definition) is 2. The van der Waals surface area contributed by atoms with E-state index >= 15 is 0 Å². The van der Waals surface area contributed by atoms with Crippen molar-refractivity contribution in [3.05, 3.63) is 47.8 Å². The molecule has 0 radical (unpaired) electrons. The van der Waals surface area contributed by atoms with Crippen molar-refractivity contribution in [2.45, 2.75) is 25.7 Å². The van der Waals surface area contributed by atoms with Crippen LogP contribution in [0, 0.1) is 13.8 Å². The molecule has 0 fully saturated rings. The van der Waals surface area contributed by atoms with Crippen molar-refractivity contribution >= 4 is 21.4 Å². The van der Waals surface area contributed by atoms with Crippen LogP contribution in [0.5, 0.6) is 0 Å². The third kappa shape index (κ3) is 3.52. The smallest absolute Gasteiger partial charge is 0.264 e. The zero-order valence-corrected chi connectivity index (χ0v) is 13.2. The van der Waals surface area contributed by atoms with Gasteiger partial charge in [0.15, 0.2) is 0 Å². The molecule has 0 aliphatic heterocycles. The molecule has 21 heavy (non-hydrogen) atoms. The molecular formula is C15H19N3O2S. The second kappa shape index (κ2) is 6.13. The molecule has 5 nitrogen and oxygen atoms in total. The summed E-state index contributed by atoms with van der Waals surface area (Å²) in [5.41, 5.74) is 2.58. The van der Waals surface area contributed by atoms with Crippen LogP contribution in [0.4, 0.5) is 11.4 Å². The maximum Gasteiger partial charge on any atom is 0.264 e. The minimum absolute atomic E-state index is 0.229. The molecule has 1 aromatic heterocycles. The molecule has 0 saturated heterocycles. The first-order valence-corrected chi connectivity index (χ1v) is 8.22. The van der Waals surface area contributed by atoms with Crippen LogP contribution in [0.15, 0.2) is 41.3 Å². The Hall–Kier alpha value is -2.08. The quantitative estimate of drug-likeness (QED) is 0.891. The van der Waals surface area contributed by atoms with Gasteiger partial charge in [-0.3, -0.25) is 9.71 Å². The average molecular weight is 305 g/mol. The van der Waals surface area contributed by atoms with Gasteiger partial charge in [-0.25, -0.2) is 8.42 Å². The Morgan fingerprint density at radius 1 is 1.05 bits per heavy atom. The summed E-state index contributed by atoms with van der Waals surface area (Å²) in [6, 6.07) is 10.3. The predicted molar refractivity (Wildman–Crippen MR) is 85.1 cm³/mol. The van der Waals surface area contributed by atoms with Gasteiger partial charge < -0.3 is 5.32 Å². The van der Waals surface area contributed by atoms with Crippen molar-refractivity contribution < 1.29 is 8.42 Å². The standard InChI is InChI=1S/C15H19N3O2S/c1-4-16-14-7-5-6-8-15(14)21(19,20)18-13-10-9-11(2)17-12(13)3/h5-10,16,18H,4H2,1-3H3. The largest absolute Gasteiger partial charge is 0.384 e. The van der Waals surface area contributed by atoms with Crippen LogP contribution in [0.3, 0.4) is 0 Å². The molecule has 1 heterocycles. The predicted octanol–water partition coefficient (Wildman–Crippen LogP) is 2.93. The summed E-state index contributed by atoms with van der Waals surface area (Å²) in [4.78, 5) is 4.50. The van der Waals surface area contributed by atoms with Crippen LogP contribution in [-0.4, -0.2) is 19.9 Å². The number of sulfonamides is 1. The lowest BCUT2D eigenvalue weighted by Gasteiger charge is -2.14. The average Bonchev–Trinajstić information content (AvgIpc) is 2.43. The first kappa shape index (κ1) is 15.3. The lowest BCUT2D eigenvalue weighted by atomic mass is 10.3. The molecule has 2 N–H and O–H groups in total. The summed E-state index contributed by atoms with van der Waals surface area (Å²) in [5, 5.41) is 3.06. The highest BCUT2D eigenvalue weighted by atomic mass is 32.2. The van der Waals surface area contributed by atoms with E-state index in [0.717, 1.165) is 5.69 Å². The highest BCUT2D eigenvalue weighted by Gasteiger charge is 2.19.